The Morgan fingerprint density at radius 3 is 2.82 bits per heavy atom. The van der Waals surface area contributed by atoms with Gasteiger partial charge in [-0.2, -0.15) is 5.10 Å². The van der Waals surface area contributed by atoms with Crippen molar-refractivity contribution in [1.29, 1.82) is 0 Å². The Hall–Kier alpha value is -1.40. The molecule has 122 valence electrons. The van der Waals surface area contributed by atoms with E-state index < -0.39 is 5.60 Å². The molecule has 2 aliphatic heterocycles. The van der Waals surface area contributed by atoms with E-state index in [1.54, 1.807) is 22.7 Å². The number of aromatic nitrogens is 2. The number of unbranched alkanes of at least 4 members (excludes halogenated alkanes) is 1. The van der Waals surface area contributed by atoms with Gasteiger partial charge in [0.1, 0.15) is 11.3 Å². The molecule has 1 amide bonds. The summed E-state index contributed by atoms with van der Waals surface area (Å²) in [5.41, 5.74) is 0.388. The first kappa shape index (κ1) is 15.5. The third-order valence-corrected chi connectivity index (χ3v) is 4.76. The second-order valence-corrected chi connectivity index (χ2v) is 6.93. The minimum atomic E-state index is -0.714. The van der Waals surface area contributed by atoms with E-state index in [2.05, 4.69) is 12.0 Å². The van der Waals surface area contributed by atoms with Crippen LogP contribution >= 0.6 is 0 Å². The molecule has 1 spiro atoms. The molecule has 3 rings (SSSR count). The van der Waals surface area contributed by atoms with Crippen molar-refractivity contribution in [2.75, 3.05) is 19.7 Å². The largest absolute Gasteiger partial charge is 0.387 e. The molecular formula is C16H25N3O3. The number of aliphatic hydroxyl groups is 1. The van der Waals surface area contributed by atoms with Crippen LogP contribution in [0.3, 0.4) is 0 Å². The number of hydrogen-bond acceptors (Lipinski definition) is 4. The molecule has 2 aliphatic rings. The molecule has 0 aromatic carbocycles. The van der Waals surface area contributed by atoms with Crippen molar-refractivity contribution in [2.24, 2.45) is 7.05 Å². The molecule has 6 heteroatoms. The van der Waals surface area contributed by atoms with Crippen LogP contribution in [-0.4, -0.2) is 56.6 Å². The fraction of sp³-hybridized carbons (Fsp3) is 0.750. The van der Waals surface area contributed by atoms with Crippen LogP contribution in [-0.2, 0) is 11.8 Å². The van der Waals surface area contributed by atoms with Gasteiger partial charge in [-0.05, 0) is 19.4 Å². The van der Waals surface area contributed by atoms with E-state index in [9.17, 15) is 9.90 Å². The molecule has 1 aromatic rings. The molecule has 0 radical (unpaired) electrons. The van der Waals surface area contributed by atoms with Crippen LogP contribution in [0.15, 0.2) is 6.07 Å². The Labute approximate surface area is 131 Å². The molecule has 2 saturated heterocycles. The van der Waals surface area contributed by atoms with Crippen molar-refractivity contribution >= 4 is 5.91 Å². The molecule has 0 aliphatic carbocycles. The van der Waals surface area contributed by atoms with Gasteiger partial charge < -0.3 is 14.7 Å². The van der Waals surface area contributed by atoms with Crippen LogP contribution in [0.4, 0.5) is 0 Å². The monoisotopic (exact) mass is 307 g/mol. The third-order valence-electron chi connectivity index (χ3n) is 4.76. The van der Waals surface area contributed by atoms with Gasteiger partial charge in [0.2, 0.25) is 0 Å². The lowest BCUT2D eigenvalue weighted by Gasteiger charge is -2.47. The second-order valence-electron chi connectivity index (χ2n) is 6.93. The van der Waals surface area contributed by atoms with Gasteiger partial charge in [0.25, 0.3) is 5.91 Å². The number of likely N-dealkylation sites (tertiary alicyclic amines) is 1. The maximum absolute atomic E-state index is 12.5. The van der Waals surface area contributed by atoms with E-state index >= 15 is 0 Å². The Balaban J connectivity index is 1.60. The summed E-state index contributed by atoms with van der Waals surface area (Å²) >= 11 is 0. The number of nitrogens with zero attached hydrogens (tertiary/aromatic N) is 3. The summed E-state index contributed by atoms with van der Waals surface area (Å²) in [7, 11) is 1.78. The van der Waals surface area contributed by atoms with Crippen LogP contribution < -0.4 is 0 Å². The summed E-state index contributed by atoms with van der Waals surface area (Å²) in [4.78, 5) is 14.3. The van der Waals surface area contributed by atoms with Crippen molar-refractivity contribution in [3.05, 3.63) is 17.5 Å². The van der Waals surface area contributed by atoms with Gasteiger partial charge in [-0.1, -0.05) is 19.8 Å². The Bertz CT molecular complexity index is 577. The van der Waals surface area contributed by atoms with E-state index in [1.807, 2.05) is 6.92 Å². The van der Waals surface area contributed by atoms with Crippen LogP contribution in [0.25, 0.3) is 0 Å². The van der Waals surface area contributed by atoms with Crippen LogP contribution in [0.1, 0.15) is 48.8 Å². The lowest BCUT2D eigenvalue weighted by molar-refractivity contribution is -0.0958. The summed E-state index contributed by atoms with van der Waals surface area (Å²) in [5.74, 6) is -0.0127. The highest BCUT2D eigenvalue weighted by molar-refractivity contribution is 5.93. The van der Waals surface area contributed by atoms with Gasteiger partial charge in [-0.25, -0.2) is 0 Å². The third kappa shape index (κ3) is 2.65. The SMILES string of the molecule is CCCC[C@@]1(O)COC2(CN(C(=O)c3cc(C)nn3C)C2)C1. The highest BCUT2D eigenvalue weighted by Gasteiger charge is 2.56. The second kappa shape index (κ2) is 5.35. The number of hydrogen-bond donors (Lipinski definition) is 1. The quantitative estimate of drug-likeness (QED) is 0.909. The Morgan fingerprint density at radius 1 is 1.50 bits per heavy atom. The number of amides is 1. The highest BCUT2D eigenvalue weighted by Crippen LogP contribution is 2.42. The van der Waals surface area contributed by atoms with E-state index in [1.165, 1.54) is 0 Å². The lowest BCUT2D eigenvalue weighted by atomic mass is 9.82. The topological polar surface area (TPSA) is 67.6 Å². The van der Waals surface area contributed by atoms with Gasteiger partial charge in [-0.15, -0.1) is 0 Å². The molecule has 0 unspecified atom stereocenters. The molecule has 2 fully saturated rings. The number of carbonyl (C=O) groups excluding carboxylic acids is 1. The first-order chi connectivity index (χ1) is 10.4. The molecule has 3 heterocycles. The predicted molar refractivity (Wildman–Crippen MR) is 81.6 cm³/mol. The average Bonchev–Trinajstić information content (AvgIpc) is 2.95. The fourth-order valence-electron chi connectivity index (χ4n) is 3.62. The number of rotatable bonds is 4. The van der Waals surface area contributed by atoms with Gasteiger partial charge in [0, 0.05) is 13.5 Å². The molecule has 1 N–H and O–H groups in total. The van der Waals surface area contributed by atoms with Crippen molar-refractivity contribution < 1.29 is 14.6 Å². The Morgan fingerprint density at radius 2 is 2.23 bits per heavy atom. The Kier molecular flexibility index (Phi) is 3.77. The summed E-state index contributed by atoms with van der Waals surface area (Å²) < 4.78 is 7.50. The zero-order valence-electron chi connectivity index (χ0n) is 13.6. The van der Waals surface area contributed by atoms with Gasteiger partial charge in [0.15, 0.2) is 0 Å². The molecule has 0 bridgehead atoms. The van der Waals surface area contributed by atoms with Crippen molar-refractivity contribution in [1.82, 2.24) is 14.7 Å². The zero-order valence-corrected chi connectivity index (χ0v) is 13.6. The number of carbonyl (C=O) groups is 1. The summed E-state index contributed by atoms with van der Waals surface area (Å²) in [6.07, 6.45) is 3.49. The molecule has 1 aromatic heterocycles. The lowest BCUT2D eigenvalue weighted by Crippen LogP contribution is -2.63. The summed E-state index contributed by atoms with van der Waals surface area (Å²) in [5, 5.41) is 14.8. The normalized spacial score (nSPS) is 26.5. The fourth-order valence-corrected chi connectivity index (χ4v) is 3.62. The number of ether oxygens (including phenoxy) is 1. The smallest absolute Gasteiger partial charge is 0.272 e. The van der Waals surface area contributed by atoms with Crippen molar-refractivity contribution in [3.63, 3.8) is 0 Å². The van der Waals surface area contributed by atoms with E-state index in [-0.39, 0.29) is 11.5 Å². The molecular weight excluding hydrogens is 282 g/mol. The van der Waals surface area contributed by atoms with Crippen LogP contribution in [0, 0.1) is 6.92 Å². The summed E-state index contributed by atoms with van der Waals surface area (Å²) in [6, 6.07) is 1.81. The highest BCUT2D eigenvalue weighted by atomic mass is 16.5. The first-order valence-corrected chi connectivity index (χ1v) is 8.03. The minimum Gasteiger partial charge on any atom is -0.387 e. The van der Waals surface area contributed by atoms with Crippen molar-refractivity contribution in [3.8, 4) is 0 Å². The zero-order chi connectivity index (χ0) is 16.0. The van der Waals surface area contributed by atoms with Gasteiger partial charge >= 0.3 is 0 Å². The average molecular weight is 307 g/mol. The van der Waals surface area contributed by atoms with Gasteiger partial charge in [0.05, 0.1) is 31.0 Å². The molecule has 22 heavy (non-hydrogen) atoms. The molecule has 0 saturated carbocycles. The van der Waals surface area contributed by atoms with Crippen LogP contribution in [0.2, 0.25) is 0 Å². The molecule has 6 nitrogen and oxygen atoms in total. The minimum absolute atomic E-state index is 0.0127. The first-order valence-electron chi connectivity index (χ1n) is 8.03. The predicted octanol–water partition coefficient (Wildman–Crippen LogP) is 1.26. The van der Waals surface area contributed by atoms with E-state index in [0.29, 0.717) is 31.8 Å². The standard InChI is InChI=1S/C16H25N3O3/c1-4-5-6-15(21)8-16(22-11-15)9-19(10-16)14(20)13-7-12(2)17-18(13)3/h7,21H,4-6,8-11H2,1-3H3/t15-/m0/s1. The van der Waals surface area contributed by atoms with Crippen LogP contribution in [0.5, 0.6) is 0 Å². The number of aryl methyl sites for hydroxylation is 2. The summed E-state index contributed by atoms with van der Waals surface area (Å²) in [6.45, 7) is 5.51. The maximum Gasteiger partial charge on any atom is 0.272 e. The molecule has 1 atom stereocenters. The van der Waals surface area contributed by atoms with Crippen molar-refractivity contribution in [2.45, 2.75) is 50.7 Å². The van der Waals surface area contributed by atoms with E-state index in [0.717, 1.165) is 25.0 Å². The van der Waals surface area contributed by atoms with Gasteiger partial charge in [-0.3, -0.25) is 9.48 Å². The maximum atomic E-state index is 12.5. The van der Waals surface area contributed by atoms with E-state index in [4.69, 9.17) is 4.74 Å².